The molecule has 1 aromatic carbocycles. The van der Waals surface area contributed by atoms with Crippen molar-refractivity contribution in [2.24, 2.45) is 0 Å². The summed E-state index contributed by atoms with van der Waals surface area (Å²) in [7, 11) is 0. The smallest absolute Gasteiger partial charge is 1.00 e. The molecule has 0 saturated carbocycles. The number of nitrogens with zero attached hydrogens (tertiary/aromatic N) is 1. The van der Waals surface area contributed by atoms with E-state index in [1.807, 2.05) is 24.3 Å². The Labute approximate surface area is 102 Å². The molecule has 0 spiro atoms. The molecule has 0 aliphatic heterocycles. The van der Waals surface area contributed by atoms with E-state index in [1.165, 1.54) is 0 Å². The molecule has 1 aromatic rings. The van der Waals surface area contributed by atoms with Crippen LogP contribution in [0.3, 0.4) is 0 Å². The quantitative estimate of drug-likeness (QED) is 0.352. The molecule has 0 radical (unpaired) electrons. The van der Waals surface area contributed by atoms with Crippen LogP contribution in [0.15, 0.2) is 30.3 Å². The number of rotatable bonds is 0. The minimum Gasteiger partial charge on any atom is -1.00 e. The number of hydrogen-bond acceptors (Lipinski definition) is 1. The number of hydrogen-bond donors (Lipinski definition) is 0. The average Bonchev–Trinajstić information content (AvgIpc) is 1.90. The van der Waals surface area contributed by atoms with E-state index in [-0.39, 0.29) is 56.1 Å². The fraction of sp³-hybridized carbons (Fsp3) is 0. The summed E-state index contributed by atoms with van der Waals surface area (Å²) in [4.78, 5) is 0. The van der Waals surface area contributed by atoms with Gasteiger partial charge in [0.25, 0.3) is 0 Å². The van der Waals surface area contributed by atoms with E-state index in [0.29, 0.717) is 5.56 Å². The van der Waals surface area contributed by atoms with Gasteiger partial charge in [-0.25, -0.2) is 0 Å². The molecule has 0 fully saturated rings. The van der Waals surface area contributed by atoms with E-state index in [0.717, 1.165) is 0 Å². The van der Waals surface area contributed by atoms with Gasteiger partial charge in [0.15, 0.2) is 0 Å². The van der Waals surface area contributed by atoms with E-state index in [1.54, 1.807) is 12.1 Å². The van der Waals surface area contributed by atoms with Crippen LogP contribution in [0.4, 0.5) is 0 Å². The van der Waals surface area contributed by atoms with Gasteiger partial charge in [-0.05, 0) is 12.1 Å². The van der Waals surface area contributed by atoms with Crippen LogP contribution in [0.5, 0.6) is 0 Å². The molecule has 3 heteroatoms. The van der Waals surface area contributed by atoms with Crippen molar-refractivity contribution in [1.29, 1.82) is 5.26 Å². The van der Waals surface area contributed by atoms with Gasteiger partial charge < -0.3 is 4.70 Å². The molecule has 0 amide bonds. The minimum absolute atomic E-state index is 0. The standard InChI is InChI=1S/C7H5N.FH.K/c8-6-7-4-2-1-3-5-7;;/h1-5H;1H;/q;;+1/p-1. The second-order valence-corrected chi connectivity index (χ2v) is 1.48. The topological polar surface area (TPSA) is 23.8 Å². The van der Waals surface area contributed by atoms with Gasteiger partial charge in [-0.15, -0.1) is 0 Å². The first-order valence-corrected chi connectivity index (χ1v) is 2.38. The Morgan fingerprint density at radius 2 is 1.60 bits per heavy atom. The van der Waals surface area contributed by atoms with Crippen molar-refractivity contribution in [3.8, 4) is 6.07 Å². The van der Waals surface area contributed by atoms with Gasteiger partial charge in [0.2, 0.25) is 0 Å². The predicted molar refractivity (Wildman–Crippen MR) is 31.2 cm³/mol. The molecule has 1 rings (SSSR count). The molecule has 0 atom stereocenters. The molecule has 0 aliphatic rings. The van der Waals surface area contributed by atoms with Crippen molar-refractivity contribution in [2.45, 2.75) is 0 Å². The van der Waals surface area contributed by atoms with E-state index in [2.05, 4.69) is 0 Å². The van der Waals surface area contributed by atoms with Gasteiger partial charge >= 0.3 is 51.4 Å². The third-order valence-corrected chi connectivity index (χ3v) is 0.903. The molecular formula is C7H5FKN. The van der Waals surface area contributed by atoms with Crippen LogP contribution >= 0.6 is 0 Å². The van der Waals surface area contributed by atoms with Crippen LogP contribution < -0.4 is 56.1 Å². The van der Waals surface area contributed by atoms with Crippen LogP contribution in [0.1, 0.15) is 5.56 Å². The predicted octanol–water partition coefficient (Wildman–Crippen LogP) is -4.43. The van der Waals surface area contributed by atoms with Crippen LogP contribution in [0, 0.1) is 11.3 Å². The van der Waals surface area contributed by atoms with Crippen molar-refractivity contribution in [2.75, 3.05) is 0 Å². The number of benzene rings is 1. The van der Waals surface area contributed by atoms with Gasteiger partial charge in [-0.2, -0.15) is 5.26 Å². The van der Waals surface area contributed by atoms with Crippen molar-refractivity contribution >= 4 is 0 Å². The summed E-state index contributed by atoms with van der Waals surface area (Å²) >= 11 is 0. The first kappa shape index (κ1) is 12.9. The summed E-state index contributed by atoms with van der Waals surface area (Å²) in [6.45, 7) is 0. The Bertz CT molecular complexity index is 205. The second-order valence-electron chi connectivity index (χ2n) is 1.48. The molecule has 0 unspecified atom stereocenters. The maximum absolute atomic E-state index is 8.29. The summed E-state index contributed by atoms with van der Waals surface area (Å²) < 4.78 is 0. The fourth-order valence-corrected chi connectivity index (χ4v) is 0.513. The molecule has 0 aliphatic carbocycles. The SMILES string of the molecule is N#Cc1ccccc1.[F-].[K+]. The number of halogens is 1. The van der Waals surface area contributed by atoms with Crippen molar-refractivity contribution < 1.29 is 56.1 Å². The van der Waals surface area contributed by atoms with Gasteiger partial charge in [-0.3, -0.25) is 0 Å². The van der Waals surface area contributed by atoms with E-state index in [9.17, 15) is 0 Å². The monoisotopic (exact) mass is 161 g/mol. The van der Waals surface area contributed by atoms with Crippen molar-refractivity contribution in [3.05, 3.63) is 35.9 Å². The average molecular weight is 161 g/mol. The minimum atomic E-state index is 0. The molecule has 46 valence electrons. The molecule has 0 N–H and O–H groups in total. The summed E-state index contributed by atoms with van der Waals surface area (Å²) in [5.41, 5.74) is 0.715. The van der Waals surface area contributed by atoms with E-state index in [4.69, 9.17) is 5.26 Å². The van der Waals surface area contributed by atoms with Crippen LogP contribution in [0.25, 0.3) is 0 Å². The Morgan fingerprint density at radius 3 is 1.90 bits per heavy atom. The fourth-order valence-electron chi connectivity index (χ4n) is 0.513. The van der Waals surface area contributed by atoms with E-state index < -0.39 is 0 Å². The van der Waals surface area contributed by atoms with Crippen LogP contribution in [0.2, 0.25) is 0 Å². The van der Waals surface area contributed by atoms with Crippen molar-refractivity contribution in [3.63, 3.8) is 0 Å². The zero-order chi connectivity index (χ0) is 5.82. The molecule has 0 bridgehead atoms. The van der Waals surface area contributed by atoms with Crippen molar-refractivity contribution in [1.82, 2.24) is 0 Å². The Balaban J connectivity index is 0. The van der Waals surface area contributed by atoms with Gasteiger partial charge in [0.05, 0.1) is 11.6 Å². The molecular weight excluding hydrogens is 156 g/mol. The van der Waals surface area contributed by atoms with E-state index >= 15 is 0 Å². The molecule has 10 heavy (non-hydrogen) atoms. The Kier molecular flexibility index (Phi) is 9.53. The first-order chi connectivity index (χ1) is 3.93. The molecule has 0 saturated heterocycles. The normalized spacial score (nSPS) is 6.30. The molecule has 1 nitrogen and oxygen atoms in total. The summed E-state index contributed by atoms with van der Waals surface area (Å²) in [5.74, 6) is 0. The summed E-state index contributed by atoms with van der Waals surface area (Å²) in [6.07, 6.45) is 0. The Hall–Kier alpha value is 0.276. The number of nitriles is 1. The summed E-state index contributed by atoms with van der Waals surface area (Å²) in [6, 6.07) is 11.2. The van der Waals surface area contributed by atoms with Crippen LogP contribution in [-0.4, -0.2) is 0 Å². The molecule has 0 heterocycles. The molecule has 0 aromatic heterocycles. The third-order valence-electron chi connectivity index (χ3n) is 0.903. The van der Waals surface area contributed by atoms with Crippen LogP contribution in [-0.2, 0) is 0 Å². The second kappa shape index (κ2) is 7.38. The van der Waals surface area contributed by atoms with Gasteiger partial charge in [0.1, 0.15) is 0 Å². The maximum Gasteiger partial charge on any atom is 1.00 e. The largest absolute Gasteiger partial charge is 1.00 e. The zero-order valence-corrected chi connectivity index (χ0v) is 8.84. The maximum atomic E-state index is 8.29. The van der Waals surface area contributed by atoms with Gasteiger partial charge in [-0.1, -0.05) is 18.2 Å². The third kappa shape index (κ3) is 4.15. The summed E-state index contributed by atoms with van der Waals surface area (Å²) in [5, 5.41) is 8.29. The first-order valence-electron chi connectivity index (χ1n) is 2.38. The Morgan fingerprint density at radius 1 is 1.10 bits per heavy atom. The van der Waals surface area contributed by atoms with Gasteiger partial charge in [0, 0.05) is 0 Å². The zero-order valence-electron chi connectivity index (χ0n) is 5.71.